The van der Waals surface area contributed by atoms with E-state index < -0.39 is 10.0 Å². The molecule has 6 heteroatoms. The van der Waals surface area contributed by atoms with Gasteiger partial charge in [0.05, 0.1) is 4.90 Å². The quantitative estimate of drug-likeness (QED) is 0.831. The number of benzene rings is 1. The molecule has 0 N–H and O–H groups in total. The Bertz CT molecular complexity index is 804. The minimum Gasteiger partial charge on any atom is -0.298 e. The number of nitrogens with zero attached hydrogens (tertiary/aromatic N) is 3. The molecule has 1 aromatic carbocycles. The van der Waals surface area contributed by atoms with Crippen molar-refractivity contribution in [1.29, 1.82) is 0 Å². The summed E-state index contributed by atoms with van der Waals surface area (Å²) in [6.07, 6.45) is 3.49. The van der Waals surface area contributed by atoms with Gasteiger partial charge in [-0.25, -0.2) is 12.7 Å². The number of aromatic nitrogens is 1. The number of sulfonamides is 1. The normalized spacial score (nSPS) is 15.5. The van der Waals surface area contributed by atoms with Crippen LogP contribution in [0, 0.1) is 0 Å². The van der Waals surface area contributed by atoms with Gasteiger partial charge in [-0.1, -0.05) is 18.2 Å². The summed E-state index contributed by atoms with van der Waals surface area (Å²) in [6.45, 7) is 2.60. The molecule has 0 saturated heterocycles. The van der Waals surface area contributed by atoms with Crippen molar-refractivity contribution in [3.63, 3.8) is 0 Å². The smallest absolute Gasteiger partial charge is 0.242 e. The summed E-state index contributed by atoms with van der Waals surface area (Å²) >= 11 is 0. The maximum Gasteiger partial charge on any atom is 0.242 e. The van der Waals surface area contributed by atoms with Crippen molar-refractivity contribution in [2.24, 2.45) is 0 Å². The van der Waals surface area contributed by atoms with E-state index >= 15 is 0 Å². The molecule has 0 fully saturated rings. The number of hydrogen-bond donors (Lipinski definition) is 0. The fourth-order valence-corrected chi connectivity index (χ4v) is 4.27. The molecule has 0 amide bonds. The van der Waals surface area contributed by atoms with E-state index in [1.807, 2.05) is 36.5 Å². The summed E-state index contributed by atoms with van der Waals surface area (Å²) in [7, 11) is -0.226. The van der Waals surface area contributed by atoms with Gasteiger partial charge in [-0.05, 0) is 35.7 Å². The maximum absolute atomic E-state index is 12.5. The molecule has 1 aliphatic heterocycles. The molecule has 5 nitrogen and oxygen atoms in total. The van der Waals surface area contributed by atoms with Gasteiger partial charge < -0.3 is 0 Å². The van der Waals surface area contributed by atoms with Gasteiger partial charge in [0.25, 0.3) is 0 Å². The van der Waals surface area contributed by atoms with Crippen LogP contribution in [0.4, 0.5) is 0 Å². The van der Waals surface area contributed by atoms with Gasteiger partial charge in [0.15, 0.2) is 0 Å². The van der Waals surface area contributed by atoms with Crippen LogP contribution >= 0.6 is 0 Å². The lowest BCUT2D eigenvalue weighted by Crippen LogP contribution is -2.34. The summed E-state index contributed by atoms with van der Waals surface area (Å²) in [5.74, 6) is 0. The van der Waals surface area contributed by atoms with Crippen LogP contribution < -0.4 is 0 Å². The molecule has 0 aliphatic carbocycles. The third kappa shape index (κ3) is 3.50. The topological polar surface area (TPSA) is 53.5 Å². The highest BCUT2D eigenvalue weighted by atomic mass is 32.2. The lowest BCUT2D eigenvalue weighted by molar-refractivity contribution is 0.255. The van der Waals surface area contributed by atoms with E-state index in [4.69, 9.17) is 0 Å². The van der Waals surface area contributed by atoms with Crippen molar-refractivity contribution in [3.8, 4) is 0 Å². The first-order chi connectivity index (χ1) is 11.5. The van der Waals surface area contributed by atoms with Crippen LogP contribution in [0.25, 0.3) is 0 Å². The molecule has 0 spiro atoms. The predicted octanol–water partition coefficient (Wildman–Crippen LogP) is 1.93. The van der Waals surface area contributed by atoms with Crippen LogP contribution in [-0.2, 0) is 29.4 Å². The molecular formula is C18H23N3O2S. The molecule has 2 heterocycles. The van der Waals surface area contributed by atoms with E-state index in [1.165, 1.54) is 4.31 Å². The van der Waals surface area contributed by atoms with Crippen molar-refractivity contribution in [2.45, 2.75) is 24.3 Å². The zero-order chi connectivity index (χ0) is 17.2. The highest BCUT2D eigenvalue weighted by molar-refractivity contribution is 7.89. The Hall–Kier alpha value is -1.76. The van der Waals surface area contributed by atoms with Crippen LogP contribution in [0.5, 0.6) is 0 Å². The van der Waals surface area contributed by atoms with Crippen molar-refractivity contribution in [1.82, 2.24) is 14.2 Å². The second-order valence-corrected chi connectivity index (χ2v) is 8.40. The van der Waals surface area contributed by atoms with E-state index in [-0.39, 0.29) is 0 Å². The molecule has 128 valence electrons. The van der Waals surface area contributed by atoms with Crippen LogP contribution in [0.15, 0.2) is 47.5 Å². The molecule has 0 saturated carbocycles. The van der Waals surface area contributed by atoms with Gasteiger partial charge in [-0.15, -0.1) is 0 Å². The third-order valence-electron chi connectivity index (χ3n) is 4.47. The first kappa shape index (κ1) is 17.1. The molecule has 1 aromatic heterocycles. The second-order valence-electron chi connectivity index (χ2n) is 6.28. The summed E-state index contributed by atoms with van der Waals surface area (Å²) < 4.78 is 26.3. The molecule has 0 unspecified atom stereocenters. The highest BCUT2D eigenvalue weighted by Crippen LogP contribution is 2.27. The lowest BCUT2D eigenvalue weighted by Gasteiger charge is -2.30. The number of hydrogen-bond acceptors (Lipinski definition) is 4. The van der Waals surface area contributed by atoms with Crippen LogP contribution in [0.3, 0.4) is 0 Å². The standard InChI is InChI=1S/C18H23N3O2S/c1-20(2)24(22,23)18-8-5-6-15-14-21(13-10-17(15)18)12-9-16-7-3-4-11-19-16/h3-8,11H,9-10,12-14H2,1-2H3. The molecule has 24 heavy (non-hydrogen) atoms. The average Bonchev–Trinajstić information content (AvgIpc) is 2.60. The minimum absolute atomic E-state index is 0.453. The second kappa shape index (κ2) is 7.01. The van der Waals surface area contributed by atoms with Crippen LogP contribution in [0.2, 0.25) is 0 Å². The fourth-order valence-electron chi connectivity index (χ4n) is 3.08. The van der Waals surface area contributed by atoms with Crippen molar-refractivity contribution in [3.05, 3.63) is 59.4 Å². The molecule has 2 aromatic rings. The Balaban J connectivity index is 1.75. The Kier molecular flexibility index (Phi) is 4.99. The number of pyridine rings is 1. The van der Waals surface area contributed by atoms with Gasteiger partial charge in [0, 0.05) is 52.0 Å². The lowest BCUT2D eigenvalue weighted by atomic mass is 9.99. The summed E-state index contributed by atoms with van der Waals surface area (Å²) in [4.78, 5) is 7.18. The minimum atomic E-state index is -3.39. The largest absolute Gasteiger partial charge is 0.298 e. The molecule has 0 bridgehead atoms. The summed E-state index contributed by atoms with van der Waals surface area (Å²) in [5, 5.41) is 0. The molecule has 1 aliphatic rings. The number of rotatable bonds is 5. The predicted molar refractivity (Wildman–Crippen MR) is 94.2 cm³/mol. The van der Waals surface area contributed by atoms with E-state index in [0.717, 1.165) is 49.3 Å². The Labute approximate surface area is 144 Å². The zero-order valence-corrected chi connectivity index (χ0v) is 15.0. The zero-order valence-electron chi connectivity index (χ0n) is 14.1. The summed E-state index contributed by atoms with van der Waals surface area (Å²) in [6, 6.07) is 11.6. The highest BCUT2D eigenvalue weighted by Gasteiger charge is 2.26. The van der Waals surface area contributed by atoms with Crippen molar-refractivity contribution < 1.29 is 8.42 Å². The monoisotopic (exact) mass is 345 g/mol. The van der Waals surface area contributed by atoms with Crippen LogP contribution in [-0.4, -0.2) is 49.8 Å². The van der Waals surface area contributed by atoms with E-state index in [1.54, 1.807) is 20.2 Å². The van der Waals surface area contributed by atoms with E-state index in [9.17, 15) is 8.42 Å². The Morgan fingerprint density at radius 3 is 2.71 bits per heavy atom. The first-order valence-electron chi connectivity index (χ1n) is 8.14. The first-order valence-corrected chi connectivity index (χ1v) is 9.58. The molecule has 0 atom stereocenters. The molecule has 3 rings (SSSR count). The fraction of sp³-hybridized carbons (Fsp3) is 0.389. The van der Waals surface area contributed by atoms with Crippen molar-refractivity contribution >= 4 is 10.0 Å². The van der Waals surface area contributed by atoms with Crippen molar-refractivity contribution in [2.75, 3.05) is 27.2 Å². The van der Waals surface area contributed by atoms with E-state index in [2.05, 4.69) is 9.88 Å². The maximum atomic E-state index is 12.5. The molecule has 0 radical (unpaired) electrons. The van der Waals surface area contributed by atoms with Gasteiger partial charge in [-0.2, -0.15) is 0 Å². The average molecular weight is 345 g/mol. The Morgan fingerprint density at radius 2 is 2.00 bits per heavy atom. The van der Waals surface area contributed by atoms with Gasteiger partial charge in [0.2, 0.25) is 10.0 Å². The summed E-state index contributed by atoms with van der Waals surface area (Å²) in [5.41, 5.74) is 3.18. The van der Waals surface area contributed by atoms with Gasteiger partial charge in [0.1, 0.15) is 0 Å². The van der Waals surface area contributed by atoms with Gasteiger partial charge in [-0.3, -0.25) is 9.88 Å². The van der Waals surface area contributed by atoms with E-state index in [0.29, 0.717) is 4.90 Å². The molecular weight excluding hydrogens is 322 g/mol. The van der Waals surface area contributed by atoms with Gasteiger partial charge >= 0.3 is 0 Å². The Morgan fingerprint density at radius 1 is 1.17 bits per heavy atom. The SMILES string of the molecule is CN(C)S(=O)(=O)c1cccc2c1CCN(CCc1ccccn1)C2. The van der Waals surface area contributed by atoms with Crippen LogP contribution in [0.1, 0.15) is 16.8 Å². The third-order valence-corrected chi connectivity index (χ3v) is 6.37. The number of fused-ring (bicyclic) bond motifs is 1.